The van der Waals surface area contributed by atoms with Crippen molar-refractivity contribution >= 4 is 93.6 Å². The van der Waals surface area contributed by atoms with E-state index in [1.54, 1.807) is 67.9 Å². The summed E-state index contributed by atoms with van der Waals surface area (Å²) in [4.78, 5) is 36.0. The van der Waals surface area contributed by atoms with Gasteiger partial charge in [0.25, 0.3) is 0 Å². The molecule has 0 aliphatic rings. The Morgan fingerprint density at radius 2 is 1.12 bits per heavy atom. The zero-order valence-electron chi connectivity index (χ0n) is 31.6. The molecule has 0 aliphatic carbocycles. The molecule has 302 valence electrons. The van der Waals surface area contributed by atoms with Crippen molar-refractivity contribution in [2.45, 2.75) is 20.0 Å². The Balaban J connectivity index is 0.000000196. The van der Waals surface area contributed by atoms with Gasteiger partial charge in [-0.3, -0.25) is 19.1 Å². The Bertz CT molecular complexity index is 2520. The normalized spacial score (nSPS) is 11.3. The minimum Gasteiger partial charge on any atom is -0.289 e. The number of rotatable bonds is 9. The highest BCUT2D eigenvalue weighted by Gasteiger charge is 2.30. The summed E-state index contributed by atoms with van der Waals surface area (Å²) in [5.74, 6) is -0.524. The molecule has 6 rings (SSSR count). The van der Waals surface area contributed by atoms with Gasteiger partial charge in [-0.15, -0.1) is 0 Å². The van der Waals surface area contributed by atoms with E-state index in [1.807, 2.05) is 56.3 Å². The van der Waals surface area contributed by atoms with Crippen LogP contribution in [0.2, 0.25) is 25.1 Å². The van der Waals surface area contributed by atoms with Crippen molar-refractivity contribution < 1.29 is 27.6 Å². The first-order chi connectivity index (χ1) is 27.9. The van der Waals surface area contributed by atoms with Gasteiger partial charge in [0.15, 0.2) is 17.3 Å². The Labute approximate surface area is 365 Å². The van der Waals surface area contributed by atoms with E-state index in [0.29, 0.717) is 47.5 Å². The number of carbonyl (C=O) groups excluding carboxylic acids is 3. The number of aryl methyl sites for hydroxylation is 3. The molecule has 1 aromatic heterocycles. The van der Waals surface area contributed by atoms with Gasteiger partial charge in [-0.05, 0) is 103 Å². The van der Waals surface area contributed by atoms with Gasteiger partial charge in [0.1, 0.15) is 5.69 Å². The van der Waals surface area contributed by atoms with Crippen LogP contribution in [0, 0.1) is 13.8 Å². The fourth-order valence-electron chi connectivity index (χ4n) is 5.17. The molecule has 13 heteroatoms. The molecule has 0 radical (unpaired) electrons. The minimum atomic E-state index is -4.42. The molecule has 0 spiro atoms. The fourth-order valence-corrected chi connectivity index (χ4v) is 6.41. The van der Waals surface area contributed by atoms with Crippen LogP contribution in [0.1, 0.15) is 64.6 Å². The highest BCUT2D eigenvalue weighted by molar-refractivity contribution is 6.37. The van der Waals surface area contributed by atoms with E-state index >= 15 is 0 Å². The number of alkyl halides is 3. The molecule has 5 aromatic carbocycles. The van der Waals surface area contributed by atoms with Crippen LogP contribution in [0.25, 0.3) is 18.2 Å². The van der Waals surface area contributed by atoms with E-state index in [-0.39, 0.29) is 17.1 Å². The van der Waals surface area contributed by atoms with Crippen LogP contribution in [0.4, 0.5) is 13.2 Å². The summed E-state index contributed by atoms with van der Waals surface area (Å²) < 4.78 is 38.7. The van der Waals surface area contributed by atoms with Crippen molar-refractivity contribution in [1.82, 2.24) is 9.78 Å². The van der Waals surface area contributed by atoms with Gasteiger partial charge in [0, 0.05) is 55.6 Å². The molecule has 0 atom stereocenters. The summed E-state index contributed by atoms with van der Waals surface area (Å²) in [6.45, 7) is 3.82. The number of benzene rings is 5. The van der Waals surface area contributed by atoms with Gasteiger partial charge in [0.05, 0.1) is 10.6 Å². The third-order valence-electron chi connectivity index (χ3n) is 8.30. The van der Waals surface area contributed by atoms with Crippen LogP contribution in [0.15, 0.2) is 134 Å². The van der Waals surface area contributed by atoms with Gasteiger partial charge in [-0.2, -0.15) is 18.3 Å². The van der Waals surface area contributed by atoms with Gasteiger partial charge >= 0.3 is 6.18 Å². The lowest BCUT2D eigenvalue weighted by Crippen LogP contribution is -2.05. The average molecular weight is 897 g/mol. The SMILES string of the molecule is Cc1ccccc1C(=O)C=Cc1c(Cl)cccc1Cl.Cc1ccccc1C(=O)C=Cc1ccc(Cl)cc1Cl.Cn1cc(Cl)c(C=CC(=O)c2ccc(C(F)(F)F)cc2)n1. The van der Waals surface area contributed by atoms with Gasteiger partial charge in [-0.25, -0.2) is 0 Å². The summed E-state index contributed by atoms with van der Waals surface area (Å²) in [5, 5.41) is 6.57. The first-order valence-corrected chi connectivity index (χ1v) is 19.4. The van der Waals surface area contributed by atoms with Crippen LogP contribution >= 0.6 is 58.0 Å². The molecule has 5 nitrogen and oxygen atoms in total. The van der Waals surface area contributed by atoms with Gasteiger partial charge in [-0.1, -0.05) is 131 Å². The lowest BCUT2D eigenvalue weighted by atomic mass is 10.0. The average Bonchev–Trinajstić information content (AvgIpc) is 3.52. The van der Waals surface area contributed by atoms with Gasteiger partial charge in [0.2, 0.25) is 0 Å². The molecule has 0 saturated heterocycles. The molecule has 59 heavy (non-hydrogen) atoms. The van der Waals surface area contributed by atoms with Crippen molar-refractivity contribution in [3.63, 3.8) is 0 Å². The maximum absolute atomic E-state index is 12.4. The van der Waals surface area contributed by atoms with Crippen molar-refractivity contribution in [3.05, 3.63) is 209 Å². The lowest BCUT2D eigenvalue weighted by Gasteiger charge is -2.06. The zero-order chi connectivity index (χ0) is 43.3. The molecule has 0 saturated carbocycles. The number of ketones is 3. The summed E-state index contributed by atoms with van der Waals surface area (Å²) in [5.41, 5.74) is 4.50. The topological polar surface area (TPSA) is 69.0 Å². The smallest absolute Gasteiger partial charge is 0.289 e. The molecular formula is C46H34Cl5F3N2O3. The first-order valence-electron chi connectivity index (χ1n) is 17.5. The van der Waals surface area contributed by atoms with Crippen LogP contribution in [-0.2, 0) is 13.2 Å². The molecule has 0 amide bonds. The van der Waals surface area contributed by atoms with Crippen LogP contribution in [0.3, 0.4) is 0 Å². The number of nitrogens with zero attached hydrogens (tertiary/aromatic N) is 2. The highest BCUT2D eigenvalue weighted by atomic mass is 35.5. The van der Waals surface area contributed by atoms with Crippen LogP contribution in [-0.4, -0.2) is 27.1 Å². The quantitative estimate of drug-likeness (QED) is 0.107. The summed E-state index contributed by atoms with van der Waals surface area (Å²) in [6, 6.07) is 29.4. The van der Waals surface area contributed by atoms with E-state index in [0.717, 1.165) is 41.0 Å². The Kier molecular flexibility index (Phi) is 17.1. The van der Waals surface area contributed by atoms with Crippen LogP contribution < -0.4 is 0 Å². The Morgan fingerprint density at radius 1 is 0.593 bits per heavy atom. The van der Waals surface area contributed by atoms with E-state index in [2.05, 4.69) is 5.10 Å². The lowest BCUT2D eigenvalue weighted by molar-refractivity contribution is -0.137. The number of halogens is 8. The molecule has 0 fully saturated rings. The molecule has 0 bridgehead atoms. The maximum Gasteiger partial charge on any atom is 0.416 e. The van der Waals surface area contributed by atoms with E-state index < -0.39 is 17.5 Å². The fraction of sp³-hybridized carbons (Fsp3) is 0.0870. The number of aromatic nitrogens is 2. The zero-order valence-corrected chi connectivity index (χ0v) is 35.4. The number of carbonyl (C=O) groups is 3. The van der Waals surface area contributed by atoms with E-state index in [1.165, 1.54) is 29.0 Å². The third-order valence-corrected chi connectivity index (χ3v) is 9.81. The molecular weight excluding hydrogens is 863 g/mol. The molecule has 0 aliphatic heterocycles. The number of hydrogen-bond acceptors (Lipinski definition) is 4. The standard InChI is InChI=1S/2C16H12Cl2O.C14H10ClF3N2O/c1-11-5-2-3-6-12(11)16(19)10-9-13-14(17)7-4-8-15(13)18;1-11-4-2-3-5-14(11)16(19)9-7-12-6-8-13(17)10-15(12)18;1-20-8-11(15)12(19-20)6-7-13(21)9-2-4-10(5-3-9)14(16,17)18/h2*2-10H,1H3;2-8H,1H3. The predicted octanol–water partition coefficient (Wildman–Crippen LogP) is 14.4. The summed E-state index contributed by atoms with van der Waals surface area (Å²) in [6.07, 6.45) is 6.17. The largest absolute Gasteiger partial charge is 0.416 e. The maximum atomic E-state index is 12.4. The molecule has 0 unspecified atom stereocenters. The molecule has 0 N–H and O–H groups in total. The summed E-state index contributed by atoms with van der Waals surface area (Å²) >= 11 is 29.8. The van der Waals surface area contributed by atoms with Crippen molar-refractivity contribution in [2.24, 2.45) is 7.05 Å². The van der Waals surface area contributed by atoms with Crippen molar-refractivity contribution in [3.8, 4) is 0 Å². The van der Waals surface area contributed by atoms with Crippen molar-refractivity contribution in [2.75, 3.05) is 0 Å². The highest BCUT2D eigenvalue weighted by Crippen LogP contribution is 2.29. The molecule has 1 heterocycles. The number of allylic oxidation sites excluding steroid dienone is 3. The van der Waals surface area contributed by atoms with Crippen molar-refractivity contribution in [1.29, 1.82) is 0 Å². The minimum absolute atomic E-state index is 0.0379. The number of hydrogen-bond donors (Lipinski definition) is 0. The van der Waals surface area contributed by atoms with E-state index in [4.69, 9.17) is 58.0 Å². The Morgan fingerprint density at radius 3 is 1.61 bits per heavy atom. The second-order valence-corrected chi connectivity index (χ2v) is 14.7. The molecule has 6 aromatic rings. The first kappa shape index (κ1) is 46.5. The predicted molar refractivity (Wildman–Crippen MR) is 235 cm³/mol. The second kappa shape index (κ2) is 21.7. The van der Waals surface area contributed by atoms with Gasteiger partial charge < -0.3 is 0 Å². The van der Waals surface area contributed by atoms with E-state index in [9.17, 15) is 27.6 Å². The summed E-state index contributed by atoms with van der Waals surface area (Å²) in [7, 11) is 1.68. The third kappa shape index (κ3) is 13.9. The second-order valence-electron chi connectivity index (χ2n) is 12.6. The van der Waals surface area contributed by atoms with Crippen LogP contribution in [0.5, 0.6) is 0 Å². The Hall–Kier alpha value is -5.22. The monoisotopic (exact) mass is 894 g/mol.